The van der Waals surface area contributed by atoms with E-state index in [4.69, 9.17) is 5.11 Å². The summed E-state index contributed by atoms with van der Waals surface area (Å²) < 4.78 is 1.52. The predicted molar refractivity (Wildman–Crippen MR) is 65.5 cm³/mol. The third kappa shape index (κ3) is 2.47. The number of rotatable bonds is 4. The lowest BCUT2D eigenvalue weighted by Gasteiger charge is -2.11. The number of hydrogen-bond acceptors (Lipinski definition) is 3. The summed E-state index contributed by atoms with van der Waals surface area (Å²) in [4.78, 5) is 22.9. The normalized spacial score (nSPS) is 10.4. The van der Waals surface area contributed by atoms with Gasteiger partial charge in [-0.3, -0.25) is 4.79 Å². The Kier molecular flexibility index (Phi) is 4.18. The number of carboxylic acid groups (broad SMARTS) is 1. The fourth-order valence-electron chi connectivity index (χ4n) is 1.65. The van der Waals surface area contributed by atoms with Gasteiger partial charge >= 0.3 is 5.97 Å². The smallest absolute Gasteiger partial charge is 0.341 e. The lowest BCUT2D eigenvalue weighted by molar-refractivity contribution is 0.0693. The molecule has 0 aliphatic heterocycles. The molecule has 0 radical (unpaired) electrons. The summed E-state index contributed by atoms with van der Waals surface area (Å²) in [5.41, 5.74) is 0.808. The average molecular weight is 241 g/mol. The first-order chi connectivity index (χ1) is 7.49. The quantitative estimate of drug-likeness (QED) is 0.868. The van der Waals surface area contributed by atoms with Gasteiger partial charge in [-0.1, -0.05) is 0 Å². The van der Waals surface area contributed by atoms with Crippen LogP contribution in [0.4, 0.5) is 0 Å². The molecule has 0 saturated heterocycles. The summed E-state index contributed by atoms with van der Waals surface area (Å²) in [7, 11) is 0. The van der Waals surface area contributed by atoms with Crippen molar-refractivity contribution in [1.82, 2.24) is 4.57 Å². The van der Waals surface area contributed by atoms with Crippen LogP contribution in [-0.2, 0) is 6.54 Å². The van der Waals surface area contributed by atoms with E-state index in [0.29, 0.717) is 12.1 Å². The third-order valence-electron chi connectivity index (χ3n) is 2.44. The first kappa shape index (κ1) is 12.8. The molecule has 88 valence electrons. The first-order valence-corrected chi connectivity index (χ1v) is 6.31. The molecule has 0 bridgehead atoms. The Bertz CT molecular complexity index is 465. The van der Waals surface area contributed by atoms with Crippen LogP contribution in [0.3, 0.4) is 0 Å². The zero-order valence-corrected chi connectivity index (χ0v) is 10.4. The fraction of sp³-hybridized carbons (Fsp3) is 0.455. The summed E-state index contributed by atoms with van der Waals surface area (Å²) in [6, 6.07) is 1.74. The van der Waals surface area contributed by atoms with Crippen molar-refractivity contribution in [2.24, 2.45) is 0 Å². The lowest BCUT2D eigenvalue weighted by atomic mass is 10.1. The summed E-state index contributed by atoms with van der Waals surface area (Å²) in [5, 5.41) is 8.97. The molecule has 5 heteroatoms. The molecular formula is C11H15NO3S. The first-order valence-electron chi connectivity index (χ1n) is 4.92. The molecule has 1 N–H and O–H groups in total. The number of thioether (sulfide) groups is 1. The molecule has 1 heterocycles. The molecule has 0 aliphatic rings. The minimum absolute atomic E-state index is 0.119. The van der Waals surface area contributed by atoms with E-state index in [1.165, 1.54) is 4.57 Å². The van der Waals surface area contributed by atoms with E-state index in [2.05, 4.69) is 0 Å². The summed E-state index contributed by atoms with van der Waals surface area (Å²) >= 11 is 1.63. The van der Waals surface area contributed by atoms with E-state index < -0.39 is 11.5 Å². The molecule has 0 aliphatic carbocycles. The van der Waals surface area contributed by atoms with Gasteiger partial charge in [-0.15, -0.1) is 0 Å². The maximum Gasteiger partial charge on any atom is 0.341 e. The molecule has 1 aromatic rings. The third-order valence-corrected chi connectivity index (χ3v) is 3.03. The van der Waals surface area contributed by atoms with Gasteiger partial charge < -0.3 is 9.67 Å². The van der Waals surface area contributed by atoms with Crippen LogP contribution in [0.25, 0.3) is 0 Å². The van der Waals surface area contributed by atoms with E-state index in [0.717, 1.165) is 11.4 Å². The molecule has 4 nitrogen and oxygen atoms in total. The maximum atomic E-state index is 11.9. The fourth-order valence-corrected chi connectivity index (χ4v) is 2.01. The second-order valence-corrected chi connectivity index (χ2v) is 4.58. The number of aryl methyl sites for hydroxylation is 2. The van der Waals surface area contributed by atoms with E-state index in [9.17, 15) is 9.59 Å². The second kappa shape index (κ2) is 5.21. The van der Waals surface area contributed by atoms with Gasteiger partial charge in [-0.2, -0.15) is 11.8 Å². The molecule has 16 heavy (non-hydrogen) atoms. The Morgan fingerprint density at radius 1 is 1.50 bits per heavy atom. The molecule has 1 aromatic heterocycles. The van der Waals surface area contributed by atoms with E-state index in [1.807, 2.05) is 13.2 Å². The van der Waals surface area contributed by atoms with Crippen molar-refractivity contribution >= 4 is 17.7 Å². The van der Waals surface area contributed by atoms with Crippen LogP contribution in [-0.4, -0.2) is 27.7 Å². The lowest BCUT2D eigenvalue weighted by Crippen LogP contribution is -2.29. The second-order valence-electron chi connectivity index (χ2n) is 3.60. The van der Waals surface area contributed by atoms with Crippen molar-refractivity contribution in [2.45, 2.75) is 20.4 Å². The SMILES string of the molecule is CSCCn1c(C)cc(C)c(C(=O)O)c1=O. The Morgan fingerprint density at radius 2 is 2.12 bits per heavy atom. The largest absolute Gasteiger partial charge is 0.477 e. The minimum atomic E-state index is -1.15. The molecule has 0 unspecified atom stereocenters. The van der Waals surface area contributed by atoms with Crippen molar-refractivity contribution in [1.29, 1.82) is 0 Å². The molecular weight excluding hydrogens is 226 g/mol. The Morgan fingerprint density at radius 3 is 2.62 bits per heavy atom. The van der Waals surface area contributed by atoms with Gasteiger partial charge in [0.25, 0.3) is 5.56 Å². The van der Waals surface area contributed by atoms with Gasteiger partial charge in [0.2, 0.25) is 0 Å². The number of hydrogen-bond donors (Lipinski definition) is 1. The van der Waals surface area contributed by atoms with Crippen LogP contribution >= 0.6 is 11.8 Å². The Hall–Kier alpha value is -1.23. The van der Waals surface area contributed by atoms with Gasteiger partial charge in [0.1, 0.15) is 5.56 Å². The highest BCUT2D eigenvalue weighted by Gasteiger charge is 2.15. The molecule has 0 saturated carbocycles. The molecule has 0 amide bonds. The van der Waals surface area contributed by atoms with Crippen LogP contribution in [0, 0.1) is 13.8 Å². The van der Waals surface area contributed by atoms with Crippen LogP contribution in [0.15, 0.2) is 10.9 Å². The molecule has 0 fully saturated rings. The number of pyridine rings is 1. The summed E-state index contributed by atoms with van der Waals surface area (Å²) in [6.07, 6.45) is 1.95. The number of aromatic carboxylic acids is 1. The standard InChI is InChI=1S/C11H15NO3S/c1-7-6-8(2)12(4-5-16-3)10(13)9(7)11(14)15/h6H,4-5H2,1-3H3,(H,14,15). The Labute approximate surface area is 98.3 Å². The summed E-state index contributed by atoms with van der Waals surface area (Å²) in [5.74, 6) is -0.358. The van der Waals surface area contributed by atoms with Crippen molar-refractivity contribution in [2.75, 3.05) is 12.0 Å². The molecule has 1 rings (SSSR count). The zero-order chi connectivity index (χ0) is 12.3. The zero-order valence-electron chi connectivity index (χ0n) is 9.61. The van der Waals surface area contributed by atoms with Crippen LogP contribution in [0.5, 0.6) is 0 Å². The average Bonchev–Trinajstić information content (AvgIpc) is 2.16. The van der Waals surface area contributed by atoms with Crippen molar-refractivity contribution in [3.8, 4) is 0 Å². The van der Waals surface area contributed by atoms with E-state index in [-0.39, 0.29) is 5.56 Å². The highest BCUT2D eigenvalue weighted by molar-refractivity contribution is 7.98. The molecule has 0 atom stereocenters. The van der Waals surface area contributed by atoms with Gasteiger partial charge in [0, 0.05) is 18.0 Å². The summed E-state index contributed by atoms with van der Waals surface area (Å²) in [6.45, 7) is 4.02. The van der Waals surface area contributed by atoms with Crippen LogP contribution in [0.1, 0.15) is 21.6 Å². The monoisotopic (exact) mass is 241 g/mol. The maximum absolute atomic E-state index is 11.9. The number of carboxylic acids is 1. The van der Waals surface area contributed by atoms with Gasteiger partial charge in [-0.25, -0.2) is 4.79 Å². The molecule has 0 aromatic carbocycles. The van der Waals surface area contributed by atoms with Gasteiger partial charge in [0.15, 0.2) is 0 Å². The van der Waals surface area contributed by atoms with E-state index in [1.54, 1.807) is 24.8 Å². The van der Waals surface area contributed by atoms with Gasteiger partial charge in [-0.05, 0) is 31.7 Å². The van der Waals surface area contributed by atoms with Gasteiger partial charge in [0.05, 0.1) is 0 Å². The molecule has 0 spiro atoms. The van der Waals surface area contributed by atoms with Crippen LogP contribution in [0.2, 0.25) is 0 Å². The number of aromatic nitrogens is 1. The minimum Gasteiger partial charge on any atom is -0.477 e. The Balaban J connectivity index is 3.34. The van der Waals surface area contributed by atoms with E-state index >= 15 is 0 Å². The highest BCUT2D eigenvalue weighted by atomic mass is 32.2. The topological polar surface area (TPSA) is 59.3 Å². The number of carbonyl (C=O) groups is 1. The van der Waals surface area contributed by atoms with Crippen molar-refractivity contribution in [3.63, 3.8) is 0 Å². The predicted octanol–water partition coefficient (Wildman–Crippen LogP) is 1.53. The van der Waals surface area contributed by atoms with Crippen molar-refractivity contribution in [3.05, 3.63) is 33.2 Å². The highest BCUT2D eigenvalue weighted by Crippen LogP contribution is 2.07. The van der Waals surface area contributed by atoms with Crippen LogP contribution < -0.4 is 5.56 Å². The van der Waals surface area contributed by atoms with Crippen molar-refractivity contribution < 1.29 is 9.90 Å². The number of nitrogens with zero attached hydrogens (tertiary/aromatic N) is 1.